The number of H-pyrrole nitrogens is 1. The molecule has 0 radical (unpaired) electrons. The van der Waals surface area contributed by atoms with E-state index in [0.29, 0.717) is 12.6 Å². The van der Waals surface area contributed by atoms with E-state index < -0.39 is 0 Å². The van der Waals surface area contributed by atoms with Crippen molar-refractivity contribution in [1.29, 1.82) is 0 Å². The third-order valence-electron chi connectivity index (χ3n) is 8.04. The molecule has 2 aliphatic rings. The van der Waals surface area contributed by atoms with Crippen LogP contribution in [0.3, 0.4) is 0 Å². The molecular formula is C33H35N3O3. The lowest BCUT2D eigenvalue weighted by molar-refractivity contribution is 0.169. The highest BCUT2D eigenvalue weighted by atomic mass is 16.5. The van der Waals surface area contributed by atoms with Crippen LogP contribution in [0.25, 0.3) is 22.3 Å². The van der Waals surface area contributed by atoms with Crippen molar-refractivity contribution in [3.63, 3.8) is 0 Å². The van der Waals surface area contributed by atoms with Gasteiger partial charge in [0.1, 0.15) is 30.0 Å². The number of rotatable bonds is 7. The zero-order valence-corrected chi connectivity index (χ0v) is 22.7. The number of allylic oxidation sites excluding steroid dienone is 1. The summed E-state index contributed by atoms with van der Waals surface area (Å²) in [6.45, 7) is 9.66. The van der Waals surface area contributed by atoms with Crippen LogP contribution >= 0.6 is 0 Å². The molecule has 0 bridgehead atoms. The van der Waals surface area contributed by atoms with Gasteiger partial charge in [-0.25, -0.2) is 0 Å². The van der Waals surface area contributed by atoms with Gasteiger partial charge in [0.15, 0.2) is 0 Å². The van der Waals surface area contributed by atoms with Crippen molar-refractivity contribution in [1.82, 2.24) is 15.1 Å². The molecule has 0 saturated carbocycles. The number of phenolic OH excluding ortho intramolecular Hbond substituents is 1. The molecule has 0 amide bonds. The molecule has 3 atom stereocenters. The van der Waals surface area contributed by atoms with Crippen molar-refractivity contribution < 1.29 is 14.6 Å². The van der Waals surface area contributed by atoms with Crippen molar-refractivity contribution in [2.75, 3.05) is 19.7 Å². The third kappa shape index (κ3) is 5.17. The summed E-state index contributed by atoms with van der Waals surface area (Å²) in [6.07, 6.45) is 4.62. The Bertz CT molecular complexity index is 1480. The fraction of sp³-hybridized carbons (Fsp3) is 0.303. The van der Waals surface area contributed by atoms with Gasteiger partial charge < -0.3 is 14.6 Å². The lowest BCUT2D eigenvalue weighted by Crippen LogP contribution is -2.35. The third-order valence-corrected chi connectivity index (χ3v) is 8.04. The Morgan fingerprint density at radius 2 is 1.92 bits per heavy atom. The fourth-order valence-electron chi connectivity index (χ4n) is 5.75. The number of hydrogen-bond acceptors (Lipinski definition) is 5. The van der Waals surface area contributed by atoms with Crippen molar-refractivity contribution in [2.45, 2.75) is 39.3 Å². The molecule has 6 heteroatoms. The summed E-state index contributed by atoms with van der Waals surface area (Å²) < 4.78 is 12.9. The second kappa shape index (κ2) is 10.6. The smallest absolute Gasteiger partial charge is 0.150 e. The van der Waals surface area contributed by atoms with E-state index >= 15 is 0 Å². The molecule has 3 heterocycles. The summed E-state index contributed by atoms with van der Waals surface area (Å²) in [7, 11) is 0. The maximum atomic E-state index is 10.3. The topological polar surface area (TPSA) is 70.6 Å². The first-order valence-electron chi connectivity index (χ1n) is 13.7. The first-order valence-corrected chi connectivity index (χ1v) is 13.7. The van der Waals surface area contributed by atoms with Gasteiger partial charge in [-0.15, -0.1) is 0 Å². The van der Waals surface area contributed by atoms with Gasteiger partial charge in [0.05, 0.1) is 6.20 Å². The number of aromatic nitrogens is 2. The largest absolute Gasteiger partial charge is 0.508 e. The van der Waals surface area contributed by atoms with Crippen molar-refractivity contribution in [2.24, 2.45) is 5.92 Å². The molecule has 39 heavy (non-hydrogen) atoms. The normalized spacial score (nSPS) is 20.0. The van der Waals surface area contributed by atoms with E-state index in [1.165, 1.54) is 6.42 Å². The number of nitrogens with one attached hydrogen (secondary N) is 1. The molecule has 200 valence electrons. The molecule has 3 unspecified atom stereocenters. The molecule has 6 nitrogen and oxygen atoms in total. The summed E-state index contributed by atoms with van der Waals surface area (Å²) in [5.74, 6) is 2.68. The van der Waals surface area contributed by atoms with E-state index in [9.17, 15) is 5.11 Å². The number of fused-ring (bicyclic) bond motifs is 1. The molecule has 2 aliphatic heterocycles. The first-order chi connectivity index (χ1) is 19.0. The van der Waals surface area contributed by atoms with Crippen LogP contribution in [-0.4, -0.2) is 45.9 Å². The van der Waals surface area contributed by atoms with Crippen molar-refractivity contribution in [3.05, 3.63) is 95.8 Å². The van der Waals surface area contributed by atoms with E-state index in [1.807, 2.05) is 36.7 Å². The van der Waals surface area contributed by atoms with Gasteiger partial charge >= 0.3 is 0 Å². The molecule has 0 spiro atoms. The van der Waals surface area contributed by atoms with Crippen LogP contribution in [0.4, 0.5) is 0 Å². The first kappa shape index (κ1) is 25.3. The molecular weight excluding hydrogens is 486 g/mol. The number of phenols is 1. The summed E-state index contributed by atoms with van der Waals surface area (Å²) in [5, 5.41) is 17.2. The van der Waals surface area contributed by atoms with Gasteiger partial charge in [0.2, 0.25) is 0 Å². The van der Waals surface area contributed by atoms with Crippen LogP contribution in [0, 0.1) is 5.92 Å². The molecule has 1 fully saturated rings. The Morgan fingerprint density at radius 3 is 2.64 bits per heavy atom. The molecule has 0 aliphatic carbocycles. The highest BCUT2D eigenvalue weighted by Crippen LogP contribution is 2.48. The highest BCUT2D eigenvalue weighted by Gasteiger charge is 2.30. The van der Waals surface area contributed by atoms with E-state index in [0.717, 1.165) is 69.5 Å². The monoisotopic (exact) mass is 521 g/mol. The van der Waals surface area contributed by atoms with Gasteiger partial charge in [-0.05, 0) is 85.3 Å². The zero-order chi connectivity index (χ0) is 26.9. The Balaban J connectivity index is 1.30. The Hall–Kier alpha value is -4.03. The maximum absolute atomic E-state index is 10.3. The Labute approximate surface area is 229 Å². The maximum Gasteiger partial charge on any atom is 0.150 e. The van der Waals surface area contributed by atoms with Gasteiger partial charge in [0.25, 0.3) is 0 Å². The summed E-state index contributed by atoms with van der Waals surface area (Å²) in [6, 6.07) is 22.3. The predicted octanol–water partition coefficient (Wildman–Crippen LogP) is 6.96. The number of benzene rings is 3. The highest BCUT2D eigenvalue weighted by molar-refractivity contribution is 5.96. The van der Waals surface area contributed by atoms with Gasteiger partial charge in [-0.1, -0.05) is 43.3 Å². The van der Waals surface area contributed by atoms with Crippen LogP contribution < -0.4 is 9.47 Å². The van der Waals surface area contributed by atoms with Crippen LogP contribution in [0.1, 0.15) is 50.0 Å². The molecule has 1 saturated heterocycles. The number of ether oxygens (including phenoxy) is 2. The van der Waals surface area contributed by atoms with Gasteiger partial charge in [-0.3, -0.25) is 10.00 Å². The number of nitrogens with zero attached hydrogens (tertiary/aromatic N) is 2. The number of aromatic amines is 1. The zero-order valence-electron chi connectivity index (χ0n) is 22.7. The Morgan fingerprint density at radius 1 is 1.08 bits per heavy atom. The minimum absolute atomic E-state index is 0.234. The van der Waals surface area contributed by atoms with Gasteiger partial charge in [-0.2, -0.15) is 5.10 Å². The van der Waals surface area contributed by atoms with E-state index in [-0.39, 0.29) is 11.9 Å². The van der Waals surface area contributed by atoms with E-state index in [2.05, 4.69) is 66.2 Å². The molecule has 4 aromatic rings. The standard InChI is InChI=1S/C33H35N3O3/c1-21-13-14-36(19-21)22(2)20-38-29-10-7-24(8-11-29)33-32(26-5-4-6-28(37)15-26)23(3)30-12-9-25(16-31(30)39-33)27-17-34-35-18-27/h4-12,15-18,21-22,33,37H,13-14,19-20H2,1-3H3,(H,34,35). The molecule has 6 rings (SSSR count). The van der Waals surface area contributed by atoms with Crippen LogP contribution in [0.5, 0.6) is 17.2 Å². The molecule has 3 aromatic carbocycles. The lowest BCUT2D eigenvalue weighted by Gasteiger charge is -2.31. The lowest BCUT2D eigenvalue weighted by atomic mass is 9.85. The van der Waals surface area contributed by atoms with Crippen molar-refractivity contribution >= 4 is 11.1 Å². The van der Waals surface area contributed by atoms with Gasteiger partial charge in [0, 0.05) is 35.5 Å². The van der Waals surface area contributed by atoms with Crippen LogP contribution in [-0.2, 0) is 0 Å². The second-order valence-corrected chi connectivity index (χ2v) is 10.9. The van der Waals surface area contributed by atoms with Crippen LogP contribution in [0.15, 0.2) is 79.1 Å². The quantitative estimate of drug-likeness (QED) is 0.275. The van der Waals surface area contributed by atoms with Crippen molar-refractivity contribution in [3.8, 4) is 28.4 Å². The van der Waals surface area contributed by atoms with E-state index in [1.54, 1.807) is 12.1 Å². The summed E-state index contributed by atoms with van der Waals surface area (Å²) in [4.78, 5) is 2.51. The second-order valence-electron chi connectivity index (χ2n) is 10.9. The minimum atomic E-state index is -0.335. The SMILES string of the molecule is CC1=C(c2cccc(O)c2)C(c2ccc(OCC(C)N3CCC(C)C3)cc2)Oc2cc(-c3cn[nH]c3)ccc21. The summed E-state index contributed by atoms with van der Waals surface area (Å²) in [5.41, 5.74) is 7.23. The van der Waals surface area contributed by atoms with Crippen LogP contribution in [0.2, 0.25) is 0 Å². The van der Waals surface area contributed by atoms with E-state index in [4.69, 9.17) is 9.47 Å². The average Bonchev–Trinajstić information content (AvgIpc) is 3.64. The fourth-order valence-corrected chi connectivity index (χ4v) is 5.75. The molecule has 2 N–H and O–H groups in total. The number of hydrogen-bond donors (Lipinski definition) is 2. The summed E-state index contributed by atoms with van der Waals surface area (Å²) >= 11 is 0. The Kier molecular flexibility index (Phi) is 6.88. The predicted molar refractivity (Wildman–Crippen MR) is 155 cm³/mol. The average molecular weight is 522 g/mol. The number of aromatic hydroxyl groups is 1. The minimum Gasteiger partial charge on any atom is -0.508 e. The molecule has 1 aromatic heterocycles. The number of likely N-dealkylation sites (tertiary alicyclic amines) is 1.